The van der Waals surface area contributed by atoms with E-state index in [0.29, 0.717) is 0 Å². The highest BCUT2D eigenvalue weighted by molar-refractivity contribution is 9.16. The van der Waals surface area contributed by atoms with E-state index in [4.69, 9.17) is 4.74 Å². The molecule has 0 aliphatic carbocycles. The second-order valence-corrected chi connectivity index (χ2v) is 12.6. The Hall–Kier alpha value is 2.52. The van der Waals surface area contributed by atoms with Gasteiger partial charge >= 0.3 is 0 Å². The van der Waals surface area contributed by atoms with Gasteiger partial charge in [0.25, 0.3) is 0 Å². The number of ether oxygens (including phenoxy) is 1. The maximum Gasteiger partial charge on any atom is 0.0908 e. The highest BCUT2D eigenvalue weighted by atomic mass is 79.9. The lowest BCUT2D eigenvalue weighted by molar-refractivity contribution is 0.410. The Labute approximate surface area is 240 Å². The van der Waals surface area contributed by atoms with Crippen molar-refractivity contribution in [3.05, 3.63) is 68.4 Å². The van der Waals surface area contributed by atoms with Crippen molar-refractivity contribution < 1.29 is 4.74 Å². The Morgan fingerprint density at radius 2 is 0.593 bits per heavy atom. The summed E-state index contributed by atoms with van der Waals surface area (Å²) in [4.78, 5) is 0. The van der Waals surface area contributed by atoms with Crippen molar-refractivity contribution in [1.82, 2.24) is 0 Å². The molecule has 0 saturated heterocycles. The molecule has 0 aliphatic rings. The maximum atomic E-state index is 5.55. The highest BCUT2D eigenvalue weighted by Crippen LogP contribution is 2.46. The van der Waals surface area contributed by atoms with E-state index in [2.05, 4.69) is 159 Å². The minimum atomic E-state index is 0.902. The van der Waals surface area contributed by atoms with Gasteiger partial charge in [-0.25, -0.2) is 0 Å². The molecule has 0 amide bonds. The predicted octanol–water partition coefficient (Wildman–Crippen LogP) is 12.0. The van der Waals surface area contributed by atoms with E-state index in [1.807, 2.05) is 12.2 Å². The molecule has 27 heavy (non-hydrogen) atoms. The number of benzene rings is 2. The van der Waals surface area contributed by atoms with Crippen LogP contribution in [0.2, 0.25) is 0 Å². The molecule has 0 fully saturated rings. The van der Waals surface area contributed by atoms with E-state index >= 15 is 0 Å². The Balaban J connectivity index is 2.26. The Bertz CT molecular complexity index is 829. The van der Waals surface area contributed by atoms with Gasteiger partial charge in [0, 0.05) is 55.9 Å². The second kappa shape index (κ2) is 11.4. The van der Waals surface area contributed by atoms with Gasteiger partial charge in [-0.15, -0.1) is 0 Å². The molecule has 2 rings (SSSR count). The number of hydrogen-bond donors (Lipinski definition) is 0. The molecular weight excluding hydrogens is 1010 g/mol. The van der Waals surface area contributed by atoms with Crippen LogP contribution >= 0.6 is 159 Å². The first-order valence-corrected chi connectivity index (χ1v) is 14.5. The Morgan fingerprint density at radius 1 is 0.370 bits per heavy atom. The molecule has 0 unspecified atom stereocenters. The van der Waals surface area contributed by atoms with E-state index in [0.717, 1.165) is 55.9 Å². The molecule has 2 aromatic rings. The van der Waals surface area contributed by atoms with Crippen LogP contribution in [0.4, 0.5) is 0 Å². The first-order valence-electron chi connectivity index (χ1n) is 6.61. The van der Waals surface area contributed by atoms with Gasteiger partial charge in [0.05, 0.1) is 12.5 Å². The van der Waals surface area contributed by atoms with Crippen LogP contribution in [-0.4, -0.2) is 0 Å². The van der Waals surface area contributed by atoms with Crippen molar-refractivity contribution in [3.63, 3.8) is 0 Å². The Kier molecular flexibility index (Phi) is 10.9. The standard InChI is InChI=1S/C16H4Br10O/c17-7-5(8(18)12(22)15(25)11(7)21)1-3-27-4-2-6-9(19)13(23)16(26)14(24)10(6)20/h1-4H. The quantitative estimate of drug-likeness (QED) is 0.168. The van der Waals surface area contributed by atoms with Gasteiger partial charge in [-0.2, -0.15) is 0 Å². The lowest BCUT2D eigenvalue weighted by Gasteiger charge is -2.11. The van der Waals surface area contributed by atoms with Gasteiger partial charge < -0.3 is 4.74 Å². The molecule has 0 bridgehead atoms. The molecule has 2 aromatic carbocycles. The van der Waals surface area contributed by atoms with Gasteiger partial charge in [0.15, 0.2) is 0 Å². The van der Waals surface area contributed by atoms with Crippen molar-refractivity contribution in [1.29, 1.82) is 0 Å². The first-order chi connectivity index (χ1) is 12.6. The van der Waals surface area contributed by atoms with Crippen LogP contribution in [0.15, 0.2) is 57.3 Å². The fraction of sp³-hybridized carbons (Fsp3) is 0. The molecule has 0 aromatic heterocycles. The third-order valence-electron chi connectivity index (χ3n) is 3.11. The fourth-order valence-corrected chi connectivity index (χ4v) is 8.48. The average molecular weight is 1010 g/mol. The summed E-state index contributed by atoms with van der Waals surface area (Å²) < 4.78 is 14.6. The number of hydrogen-bond acceptors (Lipinski definition) is 1. The normalized spacial score (nSPS) is 11.8. The summed E-state index contributed by atoms with van der Waals surface area (Å²) in [6.45, 7) is 0. The molecule has 0 saturated carbocycles. The first kappa shape index (κ1) is 25.8. The highest BCUT2D eigenvalue weighted by Gasteiger charge is 2.17. The lowest BCUT2D eigenvalue weighted by Crippen LogP contribution is -1.87. The van der Waals surface area contributed by atoms with Crippen molar-refractivity contribution in [2.75, 3.05) is 0 Å². The van der Waals surface area contributed by atoms with E-state index in [1.165, 1.54) is 0 Å². The molecule has 11 heteroatoms. The van der Waals surface area contributed by atoms with Gasteiger partial charge in [-0.1, -0.05) is 0 Å². The van der Waals surface area contributed by atoms with E-state index in [1.54, 1.807) is 12.5 Å². The van der Waals surface area contributed by atoms with Gasteiger partial charge in [0.2, 0.25) is 0 Å². The summed E-state index contributed by atoms with van der Waals surface area (Å²) in [7, 11) is 0. The average Bonchev–Trinajstić information content (AvgIpc) is 2.66. The molecule has 0 spiro atoms. The molecule has 0 heterocycles. The summed E-state index contributed by atoms with van der Waals surface area (Å²) in [5.41, 5.74) is 1.86. The second-order valence-electron chi connectivity index (χ2n) is 4.71. The minimum Gasteiger partial charge on any atom is -0.473 e. The third-order valence-corrected chi connectivity index (χ3v) is 15.4. The maximum absolute atomic E-state index is 5.55. The van der Waals surface area contributed by atoms with Crippen LogP contribution in [0.1, 0.15) is 11.1 Å². The molecule has 0 aliphatic heterocycles. The van der Waals surface area contributed by atoms with Crippen molar-refractivity contribution in [2.45, 2.75) is 0 Å². The van der Waals surface area contributed by atoms with E-state index in [-0.39, 0.29) is 0 Å². The van der Waals surface area contributed by atoms with Gasteiger partial charge in [-0.05, 0) is 171 Å². The monoisotopic (exact) mass is 1000 g/mol. The zero-order valence-corrected chi connectivity index (χ0v) is 28.4. The topological polar surface area (TPSA) is 9.23 Å². The van der Waals surface area contributed by atoms with Crippen LogP contribution in [-0.2, 0) is 4.74 Å². The largest absolute Gasteiger partial charge is 0.473 e. The van der Waals surface area contributed by atoms with Crippen LogP contribution < -0.4 is 0 Å². The SMILES string of the molecule is Brc1c(Br)c(Br)c(C=COC=Cc2c(Br)c(Br)c(Br)c(Br)c2Br)c(Br)c1Br. The van der Waals surface area contributed by atoms with Crippen molar-refractivity contribution in [3.8, 4) is 0 Å². The smallest absolute Gasteiger partial charge is 0.0908 e. The van der Waals surface area contributed by atoms with Gasteiger partial charge in [-0.3, -0.25) is 0 Å². The Morgan fingerprint density at radius 3 is 0.852 bits per heavy atom. The van der Waals surface area contributed by atoms with Crippen LogP contribution in [0.3, 0.4) is 0 Å². The zero-order valence-electron chi connectivity index (χ0n) is 12.5. The molecule has 0 radical (unpaired) electrons. The summed E-state index contributed by atoms with van der Waals surface area (Å²) in [5, 5.41) is 0. The third kappa shape index (κ3) is 5.86. The molecule has 0 N–H and O–H groups in total. The van der Waals surface area contributed by atoms with Gasteiger partial charge in [0.1, 0.15) is 0 Å². The molecule has 144 valence electrons. The number of halogens is 10. The van der Waals surface area contributed by atoms with Crippen molar-refractivity contribution >= 4 is 171 Å². The van der Waals surface area contributed by atoms with Crippen LogP contribution in [0, 0.1) is 0 Å². The zero-order chi connectivity index (χ0) is 20.5. The summed E-state index contributed by atoms with van der Waals surface area (Å²) in [6, 6.07) is 0. The minimum absolute atomic E-state index is 0.902. The van der Waals surface area contributed by atoms with Crippen LogP contribution in [0.25, 0.3) is 12.2 Å². The summed E-state index contributed by atoms with van der Waals surface area (Å²) in [6.07, 6.45) is 6.94. The molecular formula is C16H4Br10O. The predicted molar refractivity (Wildman–Crippen MR) is 149 cm³/mol. The van der Waals surface area contributed by atoms with Crippen molar-refractivity contribution in [2.24, 2.45) is 0 Å². The number of rotatable bonds is 4. The summed E-state index contributed by atoms with van der Waals surface area (Å²) >= 11 is 35.6. The molecule has 0 atom stereocenters. The van der Waals surface area contributed by atoms with Crippen LogP contribution in [0.5, 0.6) is 0 Å². The fourth-order valence-electron chi connectivity index (χ4n) is 1.80. The molecule has 1 nitrogen and oxygen atoms in total. The lowest BCUT2D eigenvalue weighted by atomic mass is 10.2. The summed E-state index contributed by atoms with van der Waals surface area (Å²) in [5.74, 6) is 0. The van der Waals surface area contributed by atoms with E-state index in [9.17, 15) is 0 Å². The van der Waals surface area contributed by atoms with E-state index < -0.39 is 0 Å².